The van der Waals surface area contributed by atoms with E-state index >= 15 is 0 Å². The monoisotopic (exact) mass is 333 g/mol. The van der Waals surface area contributed by atoms with E-state index in [-0.39, 0.29) is 17.1 Å². The van der Waals surface area contributed by atoms with Crippen LogP contribution in [0.1, 0.15) is 5.56 Å². The molecule has 126 valence electrons. The lowest BCUT2D eigenvalue weighted by molar-refractivity contribution is -0.307. The Balaban J connectivity index is 2.32. The largest absolute Gasteiger partial charge is 0.546 e. The molecule has 24 heavy (non-hydrogen) atoms. The molecule has 1 aliphatic rings. The molecule has 0 bridgehead atoms. The molecule has 9 nitrogen and oxygen atoms in total. The smallest absolute Gasteiger partial charge is 0.331 e. The third-order valence-corrected chi connectivity index (χ3v) is 3.15. The van der Waals surface area contributed by atoms with Crippen molar-refractivity contribution in [3.63, 3.8) is 0 Å². The van der Waals surface area contributed by atoms with Crippen LogP contribution in [0.2, 0.25) is 0 Å². The Labute approximate surface area is 136 Å². The molecule has 1 N–H and O–H groups in total. The van der Waals surface area contributed by atoms with Gasteiger partial charge in [-0.3, -0.25) is 19.8 Å². The average molecular weight is 333 g/mol. The van der Waals surface area contributed by atoms with Gasteiger partial charge in [0.1, 0.15) is 12.2 Å². The van der Waals surface area contributed by atoms with Gasteiger partial charge in [-0.15, -0.1) is 0 Å². The molecule has 0 spiro atoms. The number of carbonyl (C=O) groups excluding carboxylic acids is 4. The van der Waals surface area contributed by atoms with Crippen LogP contribution in [0.3, 0.4) is 0 Å². The Morgan fingerprint density at radius 3 is 2.62 bits per heavy atom. The Hall–Kier alpha value is -3.36. The molecule has 0 atom stereocenters. The summed E-state index contributed by atoms with van der Waals surface area (Å²) in [5, 5.41) is 12.5. The maximum absolute atomic E-state index is 12.0. The number of aliphatic carboxylic acids is 1. The van der Waals surface area contributed by atoms with Gasteiger partial charge in [0.05, 0.1) is 13.1 Å². The summed E-state index contributed by atoms with van der Waals surface area (Å²) in [6, 6.07) is 3.57. The highest BCUT2D eigenvalue weighted by Crippen LogP contribution is 2.29. The number of carboxylic acids is 1. The Bertz CT molecular complexity index is 754. The van der Waals surface area contributed by atoms with Crippen molar-refractivity contribution >= 4 is 29.9 Å². The zero-order valence-electron chi connectivity index (χ0n) is 12.8. The van der Waals surface area contributed by atoms with E-state index in [0.29, 0.717) is 5.56 Å². The van der Waals surface area contributed by atoms with Crippen LogP contribution in [0.25, 0.3) is 6.08 Å². The minimum Gasteiger partial charge on any atom is -0.546 e. The Kier molecular flexibility index (Phi) is 4.83. The maximum Gasteiger partial charge on any atom is 0.331 e. The summed E-state index contributed by atoms with van der Waals surface area (Å²) < 4.78 is 10.1. The number of rotatable bonds is 5. The summed E-state index contributed by atoms with van der Waals surface area (Å²) in [6.07, 6.45) is 1.28. The molecule has 0 unspecified atom stereocenters. The summed E-state index contributed by atoms with van der Waals surface area (Å²) in [6.45, 7) is -0.648. The molecule has 1 aromatic carbocycles. The van der Waals surface area contributed by atoms with Crippen LogP contribution >= 0.6 is 0 Å². The minimum absolute atomic E-state index is 0.163. The molecule has 0 aromatic heterocycles. The van der Waals surface area contributed by atoms with Crippen LogP contribution < -0.4 is 19.9 Å². The normalized spacial score (nSPS) is 16.2. The lowest BCUT2D eigenvalue weighted by atomic mass is 10.1. The number of carboxylic acid groups (broad SMARTS) is 1. The molecule has 0 radical (unpaired) electrons. The van der Waals surface area contributed by atoms with Crippen LogP contribution in [-0.4, -0.2) is 49.5 Å². The van der Waals surface area contributed by atoms with Crippen molar-refractivity contribution in [1.29, 1.82) is 0 Å². The summed E-state index contributed by atoms with van der Waals surface area (Å²) in [5.74, 6) is -2.56. The van der Waals surface area contributed by atoms with E-state index in [4.69, 9.17) is 9.47 Å². The number of amides is 4. The van der Waals surface area contributed by atoms with Gasteiger partial charge in [0.15, 0.2) is 11.5 Å². The maximum atomic E-state index is 12.0. The zero-order valence-corrected chi connectivity index (χ0v) is 12.8. The van der Waals surface area contributed by atoms with Crippen LogP contribution in [0.15, 0.2) is 23.8 Å². The fraction of sp³-hybridized carbons (Fsp3) is 0.200. The van der Waals surface area contributed by atoms with Gasteiger partial charge in [0.25, 0.3) is 11.8 Å². The number of imide groups is 2. The van der Waals surface area contributed by atoms with E-state index in [9.17, 15) is 24.3 Å². The molecule has 2 rings (SSSR count). The van der Waals surface area contributed by atoms with Crippen molar-refractivity contribution in [2.24, 2.45) is 0 Å². The van der Waals surface area contributed by atoms with Gasteiger partial charge < -0.3 is 19.4 Å². The first-order valence-electron chi connectivity index (χ1n) is 6.69. The first-order valence-corrected chi connectivity index (χ1v) is 6.69. The SMILES string of the molecule is COc1cc(/C=C2\C(=O)NC(=O)N(C)C2=O)ccc1OCC(=O)[O-]. The lowest BCUT2D eigenvalue weighted by Crippen LogP contribution is -2.52. The van der Waals surface area contributed by atoms with E-state index in [1.54, 1.807) is 0 Å². The Morgan fingerprint density at radius 2 is 2.00 bits per heavy atom. The number of carbonyl (C=O) groups is 4. The van der Waals surface area contributed by atoms with Crippen molar-refractivity contribution in [2.45, 2.75) is 0 Å². The van der Waals surface area contributed by atoms with E-state index in [2.05, 4.69) is 0 Å². The van der Waals surface area contributed by atoms with Gasteiger partial charge in [0.2, 0.25) is 0 Å². The molecule has 9 heteroatoms. The van der Waals surface area contributed by atoms with Crippen molar-refractivity contribution < 1.29 is 33.8 Å². The molecule has 1 saturated heterocycles. The first kappa shape index (κ1) is 17.0. The van der Waals surface area contributed by atoms with Gasteiger partial charge in [0, 0.05) is 7.05 Å². The number of likely N-dealkylation sites (N-methyl/N-ethyl adjacent to an activating group) is 1. The molecule has 0 saturated carbocycles. The van der Waals surface area contributed by atoms with Gasteiger partial charge >= 0.3 is 6.03 Å². The molecule has 4 amide bonds. The second kappa shape index (κ2) is 6.82. The fourth-order valence-electron chi connectivity index (χ4n) is 1.94. The summed E-state index contributed by atoms with van der Waals surface area (Å²) in [7, 11) is 2.60. The highest BCUT2D eigenvalue weighted by Gasteiger charge is 2.33. The zero-order chi connectivity index (χ0) is 17.9. The number of nitrogens with one attached hydrogen (secondary N) is 1. The summed E-state index contributed by atoms with van der Waals surface area (Å²) in [4.78, 5) is 46.3. The van der Waals surface area contributed by atoms with Gasteiger partial charge in [-0.05, 0) is 23.8 Å². The van der Waals surface area contributed by atoms with Gasteiger partial charge in [-0.1, -0.05) is 6.07 Å². The molecule has 0 aliphatic carbocycles. The van der Waals surface area contributed by atoms with Crippen LogP contribution in [-0.2, 0) is 14.4 Å². The van der Waals surface area contributed by atoms with E-state index in [1.807, 2.05) is 5.32 Å². The fourth-order valence-corrected chi connectivity index (χ4v) is 1.94. The molecule has 1 fully saturated rings. The van der Waals surface area contributed by atoms with E-state index in [1.165, 1.54) is 38.4 Å². The standard InChI is InChI=1S/C15H14N2O7/c1-17-14(21)9(13(20)16-15(17)22)5-8-3-4-10(11(6-8)23-2)24-7-12(18)19/h3-6H,7H2,1-2H3,(H,18,19)(H,16,20,22)/p-1/b9-5+. The highest BCUT2D eigenvalue weighted by atomic mass is 16.5. The van der Waals surface area contributed by atoms with Crippen molar-refractivity contribution in [1.82, 2.24) is 10.2 Å². The third-order valence-electron chi connectivity index (χ3n) is 3.15. The summed E-state index contributed by atoms with van der Waals surface area (Å²) >= 11 is 0. The first-order chi connectivity index (χ1) is 11.3. The lowest BCUT2D eigenvalue weighted by Gasteiger charge is -2.22. The quantitative estimate of drug-likeness (QED) is 0.536. The number of benzene rings is 1. The summed E-state index contributed by atoms with van der Waals surface area (Å²) in [5.41, 5.74) is 0.205. The third kappa shape index (κ3) is 3.51. The molecular weight excluding hydrogens is 320 g/mol. The second-order valence-electron chi connectivity index (χ2n) is 4.75. The van der Waals surface area contributed by atoms with Gasteiger partial charge in [-0.25, -0.2) is 4.79 Å². The van der Waals surface area contributed by atoms with Crippen molar-refractivity contribution in [3.05, 3.63) is 29.3 Å². The number of nitrogens with zero attached hydrogens (tertiary/aromatic N) is 1. The average Bonchev–Trinajstić information content (AvgIpc) is 2.55. The predicted octanol–water partition coefficient (Wildman–Crippen LogP) is -1.08. The predicted molar refractivity (Wildman–Crippen MR) is 77.8 cm³/mol. The molecule has 1 aliphatic heterocycles. The number of methoxy groups -OCH3 is 1. The number of barbiturate groups is 1. The van der Waals surface area contributed by atoms with E-state index < -0.39 is 30.4 Å². The highest BCUT2D eigenvalue weighted by molar-refractivity contribution is 6.30. The van der Waals surface area contributed by atoms with Crippen molar-refractivity contribution in [2.75, 3.05) is 20.8 Å². The second-order valence-corrected chi connectivity index (χ2v) is 4.75. The van der Waals surface area contributed by atoms with Crippen LogP contribution in [0.5, 0.6) is 11.5 Å². The number of hydrogen-bond acceptors (Lipinski definition) is 7. The number of hydrogen-bond donors (Lipinski definition) is 1. The van der Waals surface area contributed by atoms with Crippen LogP contribution in [0, 0.1) is 0 Å². The number of ether oxygens (including phenoxy) is 2. The molecule has 1 aromatic rings. The van der Waals surface area contributed by atoms with E-state index in [0.717, 1.165) is 4.90 Å². The van der Waals surface area contributed by atoms with Crippen molar-refractivity contribution in [3.8, 4) is 11.5 Å². The molecular formula is C15H13N2O7-. The van der Waals surface area contributed by atoms with Crippen LogP contribution in [0.4, 0.5) is 4.79 Å². The van der Waals surface area contributed by atoms with Gasteiger partial charge in [-0.2, -0.15) is 0 Å². The Morgan fingerprint density at radius 1 is 1.29 bits per heavy atom. The topological polar surface area (TPSA) is 125 Å². The minimum atomic E-state index is -1.39. The number of urea groups is 1. The molecule has 1 heterocycles.